The van der Waals surface area contributed by atoms with Gasteiger partial charge in [-0.25, -0.2) is 0 Å². The average Bonchev–Trinajstić information content (AvgIpc) is 3.00. The summed E-state index contributed by atoms with van der Waals surface area (Å²) in [7, 11) is 0. The molecule has 2 heteroatoms. The predicted molar refractivity (Wildman–Crippen MR) is 60.8 cm³/mol. The van der Waals surface area contributed by atoms with E-state index in [0.29, 0.717) is 6.54 Å². The lowest BCUT2D eigenvalue weighted by molar-refractivity contribution is -0.123. The average molecular weight is 203 g/mol. The van der Waals surface area contributed by atoms with Crippen LogP contribution in [0.4, 0.5) is 0 Å². The van der Waals surface area contributed by atoms with Crippen LogP contribution in [-0.2, 0) is 10.2 Å². The van der Waals surface area contributed by atoms with Gasteiger partial charge in [0.05, 0.1) is 5.41 Å². The first-order valence-corrected chi connectivity index (χ1v) is 5.54. The van der Waals surface area contributed by atoms with Gasteiger partial charge in [0, 0.05) is 6.54 Å². The summed E-state index contributed by atoms with van der Waals surface area (Å²) in [6, 6.07) is 8.32. The van der Waals surface area contributed by atoms with Crippen LogP contribution in [0.3, 0.4) is 0 Å². The third kappa shape index (κ3) is 1.76. The highest BCUT2D eigenvalue weighted by Crippen LogP contribution is 2.48. The summed E-state index contributed by atoms with van der Waals surface area (Å²) in [4.78, 5) is 11.9. The summed E-state index contributed by atoms with van der Waals surface area (Å²) < 4.78 is 0. The summed E-state index contributed by atoms with van der Waals surface area (Å²) in [5, 5.41) is 2.92. The summed E-state index contributed by atoms with van der Waals surface area (Å²) in [5.74, 6) is 0.189. The summed E-state index contributed by atoms with van der Waals surface area (Å²) >= 11 is 0. The van der Waals surface area contributed by atoms with Gasteiger partial charge in [0.25, 0.3) is 0 Å². The van der Waals surface area contributed by atoms with Crippen LogP contribution in [-0.4, -0.2) is 12.5 Å². The van der Waals surface area contributed by atoms with E-state index in [1.807, 2.05) is 6.92 Å². The third-order valence-corrected chi connectivity index (χ3v) is 3.13. The number of rotatable bonds is 3. The third-order valence-electron chi connectivity index (χ3n) is 3.13. The number of hydrogen-bond acceptors (Lipinski definition) is 1. The van der Waals surface area contributed by atoms with Crippen LogP contribution in [0, 0.1) is 6.92 Å². The Hall–Kier alpha value is -1.31. The molecule has 0 aromatic heterocycles. The first-order valence-electron chi connectivity index (χ1n) is 5.54. The summed E-state index contributed by atoms with van der Waals surface area (Å²) in [6.45, 7) is 4.74. The van der Waals surface area contributed by atoms with E-state index in [4.69, 9.17) is 0 Å². The Labute approximate surface area is 90.7 Å². The zero-order chi connectivity index (χ0) is 10.9. The smallest absolute Gasteiger partial charge is 0.230 e. The van der Waals surface area contributed by atoms with Crippen LogP contribution in [0.25, 0.3) is 0 Å². The Kier molecular flexibility index (Phi) is 2.51. The molecule has 0 unspecified atom stereocenters. The van der Waals surface area contributed by atoms with Crippen molar-refractivity contribution in [1.82, 2.24) is 5.32 Å². The van der Waals surface area contributed by atoms with Crippen molar-refractivity contribution in [3.05, 3.63) is 35.4 Å². The molecule has 1 aromatic rings. The monoisotopic (exact) mass is 203 g/mol. The lowest BCUT2D eigenvalue weighted by atomic mass is 9.94. The number of aryl methyl sites for hydroxylation is 1. The number of hydrogen-bond donors (Lipinski definition) is 1. The van der Waals surface area contributed by atoms with E-state index in [2.05, 4.69) is 36.5 Å². The van der Waals surface area contributed by atoms with Crippen molar-refractivity contribution < 1.29 is 4.79 Å². The minimum absolute atomic E-state index is 0.189. The largest absolute Gasteiger partial charge is 0.356 e. The molecular formula is C13H17NO. The number of amides is 1. The van der Waals surface area contributed by atoms with E-state index in [1.165, 1.54) is 11.1 Å². The van der Waals surface area contributed by atoms with Crippen LogP contribution < -0.4 is 5.32 Å². The van der Waals surface area contributed by atoms with Crippen molar-refractivity contribution in [2.24, 2.45) is 0 Å². The Morgan fingerprint density at radius 1 is 1.33 bits per heavy atom. The molecule has 0 spiro atoms. The number of carbonyl (C=O) groups excluding carboxylic acids is 1. The molecule has 0 saturated heterocycles. The fourth-order valence-corrected chi connectivity index (χ4v) is 1.97. The molecule has 0 aliphatic heterocycles. The van der Waals surface area contributed by atoms with Crippen LogP contribution >= 0.6 is 0 Å². The van der Waals surface area contributed by atoms with E-state index in [1.54, 1.807) is 0 Å². The van der Waals surface area contributed by atoms with Gasteiger partial charge in [-0.3, -0.25) is 4.79 Å². The first kappa shape index (κ1) is 10.2. The molecular weight excluding hydrogens is 186 g/mol. The van der Waals surface area contributed by atoms with Gasteiger partial charge in [0.2, 0.25) is 5.91 Å². The molecule has 0 atom stereocenters. The maximum absolute atomic E-state index is 11.9. The molecule has 1 fully saturated rings. The Morgan fingerprint density at radius 3 is 2.40 bits per heavy atom. The van der Waals surface area contributed by atoms with Crippen molar-refractivity contribution in [3.63, 3.8) is 0 Å². The minimum atomic E-state index is -0.205. The Morgan fingerprint density at radius 2 is 1.93 bits per heavy atom. The second-order valence-corrected chi connectivity index (χ2v) is 4.31. The molecule has 2 rings (SSSR count). The maximum atomic E-state index is 11.9. The number of benzene rings is 1. The standard InChI is InChI=1S/C13H17NO/c1-3-14-12(15)13(8-9-13)11-6-4-10(2)5-7-11/h4-7H,3,8-9H2,1-2H3,(H,14,15). The van der Waals surface area contributed by atoms with E-state index in [9.17, 15) is 4.79 Å². The Balaban J connectivity index is 2.22. The van der Waals surface area contributed by atoms with E-state index in [-0.39, 0.29) is 11.3 Å². The molecule has 0 heterocycles. The SMILES string of the molecule is CCNC(=O)C1(c2ccc(C)cc2)CC1. The molecule has 1 aliphatic rings. The number of likely N-dealkylation sites (N-methyl/N-ethyl adjacent to an activating group) is 1. The lowest BCUT2D eigenvalue weighted by Gasteiger charge is -2.15. The van der Waals surface area contributed by atoms with Gasteiger partial charge in [-0.15, -0.1) is 0 Å². The predicted octanol–water partition coefficient (Wildman–Crippen LogP) is 2.16. The Bertz CT molecular complexity index is 363. The molecule has 15 heavy (non-hydrogen) atoms. The highest BCUT2D eigenvalue weighted by Gasteiger charge is 2.50. The zero-order valence-corrected chi connectivity index (χ0v) is 9.34. The molecule has 2 nitrogen and oxygen atoms in total. The van der Waals surface area contributed by atoms with Crippen molar-refractivity contribution in [2.45, 2.75) is 32.1 Å². The van der Waals surface area contributed by atoms with Crippen LogP contribution in [0.1, 0.15) is 30.9 Å². The molecule has 1 saturated carbocycles. The van der Waals surface area contributed by atoms with Gasteiger partial charge in [0.15, 0.2) is 0 Å². The lowest BCUT2D eigenvalue weighted by Crippen LogP contribution is -2.34. The first-order chi connectivity index (χ1) is 7.19. The number of nitrogens with one attached hydrogen (secondary N) is 1. The van der Waals surface area contributed by atoms with Gasteiger partial charge in [-0.05, 0) is 32.3 Å². The molecule has 1 N–H and O–H groups in total. The van der Waals surface area contributed by atoms with Crippen molar-refractivity contribution in [3.8, 4) is 0 Å². The second-order valence-electron chi connectivity index (χ2n) is 4.31. The van der Waals surface area contributed by atoms with Gasteiger partial charge in [-0.2, -0.15) is 0 Å². The maximum Gasteiger partial charge on any atom is 0.230 e. The van der Waals surface area contributed by atoms with E-state index >= 15 is 0 Å². The van der Waals surface area contributed by atoms with Gasteiger partial charge >= 0.3 is 0 Å². The van der Waals surface area contributed by atoms with Crippen molar-refractivity contribution in [2.75, 3.05) is 6.54 Å². The summed E-state index contributed by atoms with van der Waals surface area (Å²) in [5.41, 5.74) is 2.20. The molecule has 0 radical (unpaired) electrons. The molecule has 1 aromatic carbocycles. The van der Waals surface area contributed by atoms with Gasteiger partial charge in [-0.1, -0.05) is 29.8 Å². The van der Waals surface area contributed by atoms with Crippen LogP contribution in [0.15, 0.2) is 24.3 Å². The molecule has 1 amide bonds. The highest BCUT2D eigenvalue weighted by molar-refractivity contribution is 5.91. The number of carbonyl (C=O) groups is 1. The van der Waals surface area contributed by atoms with E-state index in [0.717, 1.165) is 12.8 Å². The summed E-state index contributed by atoms with van der Waals surface area (Å²) in [6.07, 6.45) is 1.98. The minimum Gasteiger partial charge on any atom is -0.356 e. The highest BCUT2D eigenvalue weighted by atomic mass is 16.2. The zero-order valence-electron chi connectivity index (χ0n) is 9.34. The topological polar surface area (TPSA) is 29.1 Å². The molecule has 1 aliphatic carbocycles. The van der Waals surface area contributed by atoms with Crippen molar-refractivity contribution in [1.29, 1.82) is 0 Å². The quantitative estimate of drug-likeness (QED) is 0.801. The van der Waals surface area contributed by atoms with Crippen LogP contribution in [0.2, 0.25) is 0 Å². The van der Waals surface area contributed by atoms with Gasteiger partial charge < -0.3 is 5.32 Å². The van der Waals surface area contributed by atoms with Gasteiger partial charge in [0.1, 0.15) is 0 Å². The molecule has 0 bridgehead atoms. The normalized spacial score (nSPS) is 17.2. The van der Waals surface area contributed by atoms with E-state index < -0.39 is 0 Å². The van der Waals surface area contributed by atoms with Crippen LogP contribution in [0.5, 0.6) is 0 Å². The molecule has 80 valence electrons. The van der Waals surface area contributed by atoms with Crippen molar-refractivity contribution >= 4 is 5.91 Å². The second kappa shape index (κ2) is 3.69. The fraction of sp³-hybridized carbons (Fsp3) is 0.462. The fourth-order valence-electron chi connectivity index (χ4n) is 1.97.